The first-order chi connectivity index (χ1) is 9.21. The first kappa shape index (κ1) is 14.5. The van der Waals surface area contributed by atoms with Gasteiger partial charge in [0.15, 0.2) is 11.6 Å². The largest absolute Gasteiger partial charge is 0.505 e. The minimum atomic E-state index is -4.79. The van der Waals surface area contributed by atoms with Crippen LogP contribution in [0.2, 0.25) is 0 Å². The second-order valence-corrected chi connectivity index (χ2v) is 4.25. The smallest absolute Gasteiger partial charge is 0.415 e. The van der Waals surface area contributed by atoms with E-state index < -0.39 is 41.4 Å². The number of phenols is 1. The lowest BCUT2D eigenvalue weighted by molar-refractivity contribution is -0.0957. The van der Waals surface area contributed by atoms with Gasteiger partial charge in [0.25, 0.3) is 0 Å². The fraction of sp³-hybridized carbons (Fsp3) is 0.231. The first-order valence-corrected chi connectivity index (χ1v) is 5.55. The topological polar surface area (TPSA) is 20.2 Å². The summed E-state index contributed by atoms with van der Waals surface area (Å²) in [4.78, 5) is 0. The van der Waals surface area contributed by atoms with E-state index in [4.69, 9.17) is 5.11 Å². The Morgan fingerprint density at radius 1 is 0.950 bits per heavy atom. The molecule has 20 heavy (non-hydrogen) atoms. The second-order valence-electron chi connectivity index (χ2n) is 4.25. The average Bonchev–Trinajstić information content (AvgIpc) is 2.34. The van der Waals surface area contributed by atoms with Crippen molar-refractivity contribution >= 4 is 5.57 Å². The van der Waals surface area contributed by atoms with Crippen LogP contribution >= 0.6 is 0 Å². The molecule has 0 saturated carbocycles. The van der Waals surface area contributed by atoms with Gasteiger partial charge in [-0.3, -0.25) is 0 Å². The van der Waals surface area contributed by atoms with Crippen molar-refractivity contribution < 1.29 is 31.4 Å². The number of halogens is 6. The minimum Gasteiger partial charge on any atom is -0.505 e. The summed E-state index contributed by atoms with van der Waals surface area (Å²) >= 11 is 0. The van der Waals surface area contributed by atoms with E-state index in [9.17, 15) is 26.3 Å². The number of alkyl halides is 3. The molecule has 1 aromatic rings. The van der Waals surface area contributed by atoms with Crippen LogP contribution in [0.5, 0.6) is 5.75 Å². The van der Waals surface area contributed by atoms with E-state index in [1.54, 1.807) is 0 Å². The maximum atomic E-state index is 13.6. The lowest BCUT2D eigenvalue weighted by atomic mass is 9.92. The number of hydrogen-bond donors (Lipinski definition) is 1. The van der Waals surface area contributed by atoms with Crippen LogP contribution in [-0.2, 0) is 0 Å². The molecule has 1 aliphatic rings. The molecule has 0 atom stereocenters. The van der Waals surface area contributed by atoms with Crippen molar-refractivity contribution in [3.8, 4) is 5.75 Å². The lowest BCUT2D eigenvalue weighted by Crippen LogP contribution is -2.15. The van der Waals surface area contributed by atoms with Crippen LogP contribution in [0.4, 0.5) is 26.3 Å². The average molecular weight is 294 g/mol. The van der Waals surface area contributed by atoms with E-state index in [0.29, 0.717) is 6.08 Å². The summed E-state index contributed by atoms with van der Waals surface area (Å²) in [6.07, 6.45) is -5.17. The van der Waals surface area contributed by atoms with Crippen molar-refractivity contribution in [1.82, 2.24) is 0 Å². The lowest BCUT2D eigenvalue weighted by Gasteiger charge is -2.19. The van der Waals surface area contributed by atoms with Gasteiger partial charge < -0.3 is 5.11 Å². The second kappa shape index (κ2) is 4.88. The third kappa shape index (κ3) is 2.52. The summed E-state index contributed by atoms with van der Waals surface area (Å²) < 4.78 is 77.4. The molecule has 0 amide bonds. The van der Waals surface area contributed by atoms with Crippen molar-refractivity contribution in [3.05, 3.63) is 46.8 Å². The van der Waals surface area contributed by atoms with Gasteiger partial charge in [-0.05, 0) is 36.6 Å². The molecular weight excluding hydrogens is 286 g/mol. The molecular formula is C13H8F6O. The van der Waals surface area contributed by atoms with Crippen LogP contribution in [0.15, 0.2) is 29.6 Å². The molecule has 1 N–H and O–H groups in total. The minimum absolute atomic E-state index is 0.0908. The van der Waals surface area contributed by atoms with E-state index in [1.165, 1.54) is 0 Å². The summed E-state index contributed by atoms with van der Waals surface area (Å²) in [7, 11) is 0. The SMILES string of the molecule is Oc1ccc(C2=CC(F)=C(C(F)(F)F)CC2)c(F)c1F. The Morgan fingerprint density at radius 3 is 2.15 bits per heavy atom. The molecule has 0 spiro atoms. The first-order valence-electron chi connectivity index (χ1n) is 5.55. The Kier molecular flexibility index (Phi) is 3.54. The number of allylic oxidation sites excluding steroid dienone is 4. The molecule has 1 nitrogen and oxygen atoms in total. The standard InChI is InChI=1S/C13H8F6O/c14-9-5-6(1-3-8(9)13(17,18)19)7-2-4-10(20)12(16)11(7)15/h2,4-5,20H,1,3H2. The van der Waals surface area contributed by atoms with E-state index in [2.05, 4.69) is 0 Å². The molecule has 0 unspecified atom stereocenters. The van der Waals surface area contributed by atoms with E-state index in [-0.39, 0.29) is 17.6 Å². The summed E-state index contributed by atoms with van der Waals surface area (Å²) in [5.74, 6) is -5.37. The van der Waals surface area contributed by atoms with Crippen molar-refractivity contribution in [2.45, 2.75) is 19.0 Å². The highest BCUT2D eigenvalue weighted by Gasteiger charge is 2.38. The molecule has 0 bridgehead atoms. The molecule has 0 heterocycles. The highest BCUT2D eigenvalue weighted by Crippen LogP contribution is 2.40. The summed E-state index contributed by atoms with van der Waals surface area (Å²) in [5.41, 5.74) is -1.77. The van der Waals surface area contributed by atoms with Gasteiger partial charge in [0, 0.05) is 5.56 Å². The normalized spacial score (nSPS) is 16.4. The molecule has 1 aromatic carbocycles. The van der Waals surface area contributed by atoms with Crippen LogP contribution in [0.25, 0.3) is 5.57 Å². The Bertz CT molecular complexity index is 612. The van der Waals surface area contributed by atoms with E-state index >= 15 is 0 Å². The van der Waals surface area contributed by atoms with Gasteiger partial charge >= 0.3 is 6.18 Å². The Balaban J connectivity index is 2.47. The maximum Gasteiger partial charge on any atom is 0.415 e. The molecule has 2 rings (SSSR count). The molecule has 0 fully saturated rings. The van der Waals surface area contributed by atoms with Crippen molar-refractivity contribution in [2.24, 2.45) is 0 Å². The number of rotatable bonds is 1. The van der Waals surface area contributed by atoms with Crippen molar-refractivity contribution in [2.75, 3.05) is 0 Å². The Hall–Kier alpha value is -1.92. The quantitative estimate of drug-likeness (QED) is 0.748. The van der Waals surface area contributed by atoms with Crippen LogP contribution in [0.3, 0.4) is 0 Å². The number of hydrogen-bond acceptors (Lipinski definition) is 1. The van der Waals surface area contributed by atoms with Gasteiger partial charge in [-0.2, -0.15) is 17.6 Å². The fourth-order valence-electron chi connectivity index (χ4n) is 1.97. The Labute approximate surface area is 109 Å². The van der Waals surface area contributed by atoms with Crippen LogP contribution in [0.1, 0.15) is 18.4 Å². The number of phenolic OH excluding ortho intramolecular Hbond substituents is 1. The summed E-state index contributed by atoms with van der Waals surface area (Å²) in [6.45, 7) is 0. The predicted octanol–water partition coefficient (Wildman–Crippen LogP) is 4.63. The third-order valence-corrected chi connectivity index (χ3v) is 2.98. The van der Waals surface area contributed by atoms with Crippen LogP contribution in [-0.4, -0.2) is 11.3 Å². The predicted molar refractivity (Wildman–Crippen MR) is 59.4 cm³/mol. The van der Waals surface area contributed by atoms with Crippen molar-refractivity contribution in [1.29, 1.82) is 0 Å². The zero-order valence-corrected chi connectivity index (χ0v) is 9.86. The summed E-state index contributed by atoms with van der Waals surface area (Å²) in [6, 6.07) is 1.85. The monoisotopic (exact) mass is 294 g/mol. The van der Waals surface area contributed by atoms with Crippen LogP contribution in [0, 0.1) is 11.6 Å². The molecule has 0 saturated heterocycles. The van der Waals surface area contributed by atoms with Gasteiger partial charge in [0.05, 0.1) is 5.57 Å². The number of aromatic hydroxyl groups is 1. The van der Waals surface area contributed by atoms with Gasteiger partial charge in [0.1, 0.15) is 5.83 Å². The van der Waals surface area contributed by atoms with Gasteiger partial charge in [0.2, 0.25) is 5.82 Å². The van der Waals surface area contributed by atoms with Crippen molar-refractivity contribution in [3.63, 3.8) is 0 Å². The molecule has 108 valence electrons. The maximum absolute atomic E-state index is 13.6. The van der Waals surface area contributed by atoms with Gasteiger partial charge in [-0.1, -0.05) is 0 Å². The van der Waals surface area contributed by atoms with Gasteiger partial charge in [-0.25, -0.2) is 8.78 Å². The highest BCUT2D eigenvalue weighted by atomic mass is 19.4. The Morgan fingerprint density at radius 2 is 1.60 bits per heavy atom. The molecule has 7 heteroatoms. The van der Waals surface area contributed by atoms with E-state index in [1.807, 2.05) is 0 Å². The zero-order chi connectivity index (χ0) is 15.1. The molecule has 0 radical (unpaired) electrons. The molecule has 0 aliphatic heterocycles. The zero-order valence-electron chi connectivity index (χ0n) is 9.86. The van der Waals surface area contributed by atoms with E-state index in [0.717, 1.165) is 12.1 Å². The number of benzene rings is 1. The highest BCUT2D eigenvalue weighted by molar-refractivity contribution is 5.70. The van der Waals surface area contributed by atoms with Crippen LogP contribution < -0.4 is 0 Å². The molecule has 0 aromatic heterocycles. The fourth-order valence-corrected chi connectivity index (χ4v) is 1.97. The third-order valence-electron chi connectivity index (χ3n) is 2.98. The van der Waals surface area contributed by atoms with Gasteiger partial charge in [-0.15, -0.1) is 0 Å². The summed E-state index contributed by atoms with van der Waals surface area (Å²) in [5, 5.41) is 8.96. The molecule has 1 aliphatic carbocycles.